The molecule has 0 spiro atoms. The van der Waals surface area contributed by atoms with E-state index >= 15 is 0 Å². The molecule has 3 aromatic rings. The predicted octanol–water partition coefficient (Wildman–Crippen LogP) is 8.46. The maximum Gasteiger partial charge on any atom is 0.283 e. The van der Waals surface area contributed by atoms with Gasteiger partial charge < -0.3 is 0 Å². The van der Waals surface area contributed by atoms with Crippen molar-refractivity contribution >= 4 is 82.1 Å². The van der Waals surface area contributed by atoms with Crippen molar-refractivity contribution in [1.82, 2.24) is 0 Å². The van der Waals surface area contributed by atoms with Crippen LogP contribution in [-0.2, 0) is 0 Å². The minimum Gasteiger partial charge on any atom is -0.258 e. The van der Waals surface area contributed by atoms with Crippen LogP contribution >= 0.6 is 46.4 Å². The Hall–Kier alpha value is -2.90. The molecule has 0 N–H and O–H groups in total. The highest BCUT2D eigenvalue weighted by atomic mass is 35.5. The molecule has 162 valence electrons. The van der Waals surface area contributed by atoms with Gasteiger partial charge in [0.05, 0.1) is 27.0 Å². The molecule has 10 heteroatoms. The van der Waals surface area contributed by atoms with Crippen LogP contribution in [0.1, 0.15) is 22.3 Å². The summed E-state index contributed by atoms with van der Waals surface area (Å²) < 4.78 is 0. The molecule has 0 atom stereocenters. The maximum absolute atomic E-state index is 11.5. The fraction of sp³-hybridized carbons (Fsp3) is 0. The average Bonchev–Trinajstić information content (AvgIpc) is 2.72. The standard InChI is InChI=1S/C22H12Cl4N2O4/c23-17-7-5-13(19(25)10-17)1-3-15-9-16(22(28(31)32)12-21(15)27(29)30)4-2-14-6-8-18(24)11-20(14)26/h1-12H/b3-1+,4-2+. The SMILES string of the molecule is O=[N+]([O-])c1cc([N+](=O)[O-])c(/C=C/c2ccc(Cl)cc2Cl)cc1/C=C/c1ccc(Cl)cc1Cl. The number of nitrogens with zero attached hydrogens (tertiary/aromatic N) is 2. The zero-order valence-corrected chi connectivity index (χ0v) is 19.0. The van der Waals surface area contributed by atoms with E-state index in [0.717, 1.165) is 6.07 Å². The Morgan fingerprint density at radius 2 is 0.938 bits per heavy atom. The van der Waals surface area contributed by atoms with E-state index in [-0.39, 0.29) is 11.1 Å². The van der Waals surface area contributed by atoms with E-state index in [1.807, 2.05) is 0 Å². The highest BCUT2D eigenvalue weighted by molar-refractivity contribution is 6.36. The Balaban J connectivity index is 2.10. The van der Waals surface area contributed by atoms with Crippen molar-refractivity contribution in [3.05, 3.63) is 111 Å². The topological polar surface area (TPSA) is 86.3 Å². The molecule has 32 heavy (non-hydrogen) atoms. The Labute approximate surface area is 202 Å². The summed E-state index contributed by atoms with van der Waals surface area (Å²) in [5.74, 6) is 0. The highest BCUT2D eigenvalue weighted by Gasteiger charge is 2.22. The highest BCUT2D eigenvalue weighted by Crippen LogP contribution is 2.33. The second kappa shape index (κ2) is 10.1. The minimum atomic E-state index is -0.681. The molecule has 0 bridgehead atoms. The van der Waals surface area contributed by atoms with Gasteiger partial charge in [0.15, 0.2) is 0 Å². The van der Waals surface area contributed by atoms with Gasteiger partial charge in [0.1, 0.15) is 0 Å². The second-order valence-corrected chi connectivity index (χ2v) is 8.17. The van der Waals surface area contributed by atoms with Crippen LogP contribution in [0.25, 0.3) is 24.3 Å². The Kier molecular flexibility index (Phi) is 7.53. The lowest BCUT2D eigenvalue weighted by molar-refractivity contribution is -0.394. The quantitative estimate of drug-likeness (QED) is 0.189. The van der Waals surface area contributed by atoms with E-state index in [1.165, 1.54) is 30.4 Å². The van der Waals surface area contributed by atoms with Gasteiger partial charge in [-0.15, -0.1) is 0 Å². The van der Waals surface area contributed by atoms with E-state index in [4.69, 9.17) is 46.4 Å². The van der Waals surface area contributed by atoms with E-state index in [9.17, 15) is 20.2 Å². The molecule has 6 nitrogen and oxygen atoms in total. The molecule has 0 saturated heterocycles. The van der Waals surface area contributed by atoms with Crippen LogP contribution in [0.4, 0.5) is 11.4 Å². The van der Waals surface area contributed by atoms with Gasteiger partial charge in [0.2, 0.25) is 0 Å². The zero-order valence-electron chi connectivity index (χ0n) is 16.0. The summed E-state index contributed by atoms with van der Waals surface area (Å²) in [4.78, 5) is 21.7. The summed E-state index contributed by atoms with van der Waals surface area (Å²) in [7, 11) is 0. The predicted molar refractivity (Wildman–Crippen MR) is 131 cm³/mol. The van der Waals surface area contributed by atoms with Crippen LogP contribution in [0.5, 0.6) is 0 Å². The van der Waals surface area contributed by atoms with Gasteiger partial charge in [0.25, 0.3) is 11.4 Å². The number of halogens is 4. The second-order valence-electron chi connectivity index (χ2n) is 6.48. The third-order valence-electron chi connectivity index (χ3n) is 4.38. The van der Waals surface area contributed by atoms with Crippen LogP contribution in [0, 0.1) is 20.2 Å². The summed E-state index contributed by atoms with van der Waals surface area (Å²) in [6, 6.07) is 11.9. The fourth-order valence-corrected chi connectivity index (χ4v) is 3.77. The summed E-state index contributed by atoms with van der Waals surface area (Å²) in [6.45, 7) is 0. The van der Waals surface area contributed by atoms with Crippen molar-refractivity contribution in [2.24, 2.45) is 0 Å². The minimum absolute atomic E-state index is 0.161. The molecule has 0 radical (unpaired) electrons. The summed E-state index contributed by atoms with van der Waals surface area (Å²) in [5.41, 5.74) is 0.642. The third-order valence-corrected chi connectivity index (χ3v) is 5.50. The molecule has 0 aliphatic heterocycles. The summed E-state index contributed by atoms with van der Waals surface area (Å²) in [5, 5.41) is 24.7. The molecule has 0 amide bonds. The first-order valence-electron chi connectivity index (χ1n) is 8.89. The van der Waals surface area contributed by atoms with Crippen molar-refractivity contribution in [1.29, 1.82) is 0 Å². The van der Waals surface area contributed by atoms with Crippen molar-refractivity contribution in [2.45, 2.75) is 0 Å². The Morgan fingerprint density at radius 1 is 0.562 bits per heavy atom. The smallest absolute Gasteiger partial charge is 0.258 e. The number of hydrogen-bond acceptors (Lipinski definition) is 4. The van der Waals surface area contributed by atoms with Crippen molar-refractivity contribution < 1.29 is 9.85 Å². The van der Waals surface area contributed by atoms with E-state index < -0.39 is 21.2 Å². The number of hydrogen-bond donors (Lipinski definition) is 0. The molecular weight excluding hydrogens is 498 g/mol. The lowest BCUT2D eigenvalue weighted by Gasteiger charge is -2.04. The van der Waals surface area contributed by atoms with Gasteiger partial charge in [-0.1, -0.05) is 70.7 Å². The first kappa shape index (κ1) is 23.8. The molecule has 0 saturated carbocycles. The van der Waals surface area contributed by atoms with Gasteiger partial charge in [-0.2, -0.15) is 0 Å². The molecule has 0 fully saturated rings. The van der Waals surface area contributed by atoms with Crippen molar-refractivity contribution in [3.8, 4) is 0 Å². The first-order valence-corrected chi connectivity index (χ1v) is 10.4. The molecule has 0 aliphatic rings. The Bertz CT molecular complexity index is 1190. The van der Waals surface area contributed by atoms with E-state index in [0.29, 0.717) is 31.2 Å². The monoisotopic (exact) mass is 508 g/mol. The fourth-order valence-electron chi connectivity index (χ4n) is 2.83. The number of benzene rings is 3. The van der Waals surface area contributed by atoms with Crippen LogP contribution in [0.2, 0.25) is 20.1 Å². The molecular formula is C22H12Cl4N2O4. The lowest BCUT2D eigenvalue weighted by Crippen LogP contribution is -1.98. The largest absolute Gasteiger partial charge is 0.283 e. The van der Waals surface area contributed by atoms with Crippen molar-refractivity contribution in [3.63, 3.8) is 0 Å². The lowest BCUT2D eigenvalue weighted by atomic mass is 10.0. The molecule has 3 rings (SSSR count). The van der Waals surface area contributed by atoms with Crippen LogP contribution in [0.3, 0.4) is 0 Å². The van der Waals surface area contributed by atoms with Crippen LogP contribution in [0.15, 0.2) is 48.5 Å². The molecule has 0 unspecified atom stereocenters. The number of nitro benzene ring substituents is 2. The Morgan fingerprint density at radius 3 is 1.28 bits per heavy atom. The van der Waals surface area contributed by atoms with Gasteiger partial charge in [-0.25, -0.2) is 0 Å². The average molecular weight is 510 g/mol. The molecule has 0 aliphatic carbocycles. The number of rotatable bonds is 6. The van der Waals surface area contributed by atoms with Gasteiger partial charge >= 0.3 is 0 Å². The normalized spacial score (nSPS) is 11.4. The van der Waals surface area contributed by atoms with E-state index in [2.05, 4.69) is 0 Å². The van der Waals surface area contributed by atoms with Crippen LogP contribution < -0.4 is 0 Å². The zero-order chi connectivity index (χ0) is 23.4. The third kappa shape index (κ3) is 5.66. The maximum atomic E-state index is 11.5. The molecule has 3 aromatic carbocycles. The van der Waals surface area contributed by atoms with Gasteiger partial charge in [-0.05, 0) is 53.6 Å². The molecule has 0 aromatic heterocycles. The van der Waals surface area contributed by atoms with Crippen LogP contribution in [-0.4, -0.2) is 9.85 Å². The van der Waals surface area contributed by atoms with Gasteiger partial charge in [-0.3, -0.25) is 20.2 Å². The molecule has 0 heterocycles. The summed E-state index contributed by atoms with van der Waals surface area (Å²) in [6.07, 6.45) is 6.06. The first-order chi connectivity index (χ1) is 15.2. The van der Waals surface area contributed by atoms with Crippen molar-refractivity contribution in [2.75, 3.05) is 0 Å². The van der Waals surface area contributed by atoms with Gasteiger partial charge in [0, 0.05) is 20.1 Å². The number of nitro groups is 2. The summed E-state index contributed by atoms with van der Waals surface area (Å²) >= 11 is 24.1. The van der Waals surface area contributed by atoms with E-state index in [1.54, 1.807) is 36.4 Å².